The third-order valence-electron chi connectivity index (χ3n) is 4.61. The van der Waals surface area contributed by atoms with Crippen LogP contribution in [0.1, 0.15) is 33.6 Å². The molecule has 1 aliphatic heterocycles. The van der Waals surface area contributed by atoms with E-state index in [0.29, 0.717) is 47.8 Å². The number of likely N-dealkylation sites (tertiary alicyclic amines) is 1. The van der Waals surface area contributed by atoms with E-state index in [1.807, 2.05) is 0 Å². The van der Waals surface area contributed by atoms with Crippen molar-refractivity contribution >= 4 is 23.4 Å². The van der Waals surface area contributed by atoms with Crippen LogP contribution in [-0.2, 0) is 0 Å². The maximum atomic E-state index is 13.0. The van der Waals surface area contributed by atoms with Crippen LogP contribution in [-0.4, -0.2) is 43.0 Å². The van der Waals surface area contributed by atoms with Crippen molar-refractivity contribution in [2.24, 2.45) is 0 Å². The van der Waals surface area contributed by atoms with Gasteiger partial charge in [0.15, 0.2) is 0 Å². The van der Waals surface area contributed by atoms with Gasteiger partial charge in [0, 0.05) is 29.7 Å². The summed E-state index contributed by atoms with van der Waals surface area (Å²) in [5.41, 5.74) is 0.845. The van der Waals surface area contributed by atoms with Gasteiger partial charge in [-0.3, -0.25) is 9.59 Å². The third kappa shape index (κ3) is 4.57. The van der Waals surface area contributed by atoms with Crippen molar-refractivity contribution in [2.75, 3.05) is 20.2 Å². The number of nitrogens with one attached hydrogen (secondary N) is 1. The average molecular weight is 391 g/mol. The number of methoxy groups -OCH3 is 1. The quantitative estimate of drug-likeness (QED) is 0.868. The van der Waals surface area contributed by atoms with Crippen molar-refractivity contribution < 1.29 is 18.7 Å². The molecule has 1 N–H and O–H groups in total. The molecule has 0 spiro atoms. The van der Waals surface area contributed by atoms with Gasteiger partial charge in [-0.25, -0.2) is 4.39 Å². The number of carbonyl (C=O) groups excluding carboxylic acids is 2. The summed E-state index contributed by atoms with van der Waals surface area (Å²) in [7, 11) is 1.50. The van der Waals surface area contributed by atoms with Crippen molar-refractivity contribution in [2.45, 2.75) is 18.9 Å². The standard InChI is InChI=1S/C20H20ClFN2O3/c1-27-18-7-4-14(21)12-17(18)19(25)23-16-8-10-24(11-9-16)20(26)13-2-5-15(22)6-3-13/h2-7,12,16H,8-11H2,1H3,(H,23,25). The molecule has 0 saturated carbocycles. The number of rotatable bonds is 4. The van der Waals surface area contributed by atoms with Gasteiger partial charge in [0.25, 0.3) is 11.8 Å². The summed E-state index contributed by atoms with van der Waals surface area (Å²) in [5, 5.41) is 3.44. The molecule has 142 valence electrons. The first-order chi connectivity index (χ1) is 13.0. The first-order valence-electron chi connectivity index (χ1n) is 8.67. The fourth-order valence-electron chi connectivity index (χ4n) is 3.12. The fraction of sp³-hybridized carbons (Fsp3) is 0.300. The number of nitrogens with zero attached hydrogens (tertiary/aromatic N) is 1. The summed E-state index contributed by atoms with van der Waals surface area (Å²) in [6, 6.07) is 10.4. The first-order valence-corrected chi connectivity index (χ1v) is 9.05. The minimum absolute atomic E-state index is 0.0431. The predicted molar refractivity (Wildman–Crippen MR) is 101 cm³/mol. The molecule has 0 aliphatic carbocycles. The monoisotopic (exact) mass is 390 g/mol. The molecule has 1 heterocycles. The molecule has 3 rings (SSSR count). The summed E-state index contributed by atoms with van der Waals surface area (Å²) in [6.45, 7) is 1.04. The molecule has 1 fully saturated rings. The van der Waals surface area contributed by atoms with E-state index in [9.17, 15) is 14.0 Å². The minimum Gasteiger partial charge on any atom is -0.496 e. The van der Waals surface area contributed by atoms with E-state index in [-0.39, 0.29) is 23.7 Å². The summed E-state index contributed by atoms with van der Waals surface area (Å²) in [5.74, 6) is -0.292. The largest absolute Gasteiger partial charge is 0.496 e. The topological polar surface area (TPSA) is 58.6 Å². The molecular weight excluding hydrogens is 371 g/mol. The molecule has 2 aromatic carbocycles. The van der Waals surface area contributed by atoms with Crippen LogP contribution in [0, 0.1) is 5.82 Å². The second kappa shape index (κ2) is 8.39. The van der Waals surface area contributed by atoms with Gasteiger partial charge in [-0.1, -0.05) is 11.6 Å². The van der Waals surface area contributed by atoms with Gasteiger partial charge < -0.3 is 15.0 Å². The Morgan fingerprint density at radius 1 is 1.15 bits per heavy atom. The fourth-order valence-corrected chi connectivity index (χ4v) is 3.29. The van der Waals surface area contributed by atoms with E-state index in [1.165, 1.54) is 31.4 Å². The van der Waals surface area contributed by atoms with Crippen LogP contribution in [0.5, 0.6) is 5.75 Å². The van der Waals surface area contributed by atoms with Crippen LogP contribution in [0.15, 0.2) is 42.5 Å². The molecule has 0 atom stereocenters. The van der Waals surface area contributed by atoms with E-state index in [4.69, 9.17) is 16.3 Å². The lowest BCUT2D eigenvalue weighted by molar-refractivity contribution is 0.0698. The Kier molecular flexibility index (Phi) is 5.96. The zero-order chi connectivity index (χ0) is 19.4. The van der Waals surface area contributed by atoms with Crippen LogP contribution in [0.2, 0.25) is 5.02 Å². The van der Waals surface area contributed by atoms with Gasteiger partial charge in [-0.05, 0) is 55.3 Å². The summed E-state index contributed by atoms with van der Waals surface area (Å²) in [4.78, 5) is 26.7. The molecule has 0 radical (unpaired) electrons. The van der Waals surface area contributed by atoms with Crippen LogP contribution >= 0.6 is 11.6 Å². The van der Waals surface area contributed by atoms with Crippen LogP contribution in [0.4, 0.5) is 4.39 Å². The Morgan fingerprint density at radius 3 is 2.44 bits per heavy atom. The highest BCUT2D eigenvalue weighted by Crippen LogP contribution is 2.23. The lowest BCUT2D eigenvalue weighted by Gasteiger charge is -2.32. The van der Waals surface area contributed by atoms with E-state index < -0.39 is 0 Å². The molecule has 5 nitrogen and oxygen atoms in total. The van der Waals surface area contributed by atoms with Gasteiger partial charge in [-0.15, -0.1) is 0 Å². The first kappa shape index (κ1) is 19.2. The normalized spacial score (nSPS) is 14.7. The van der Waals surface area contributed by atoms with E-state index in [1.54, 1.807) is 23.1 Å². The Bertz CT molecular complexity index is 834. The van der Waals surface area contributed by atoms with Crippen LogP contribution in [0.25, 0.3) is 0 Å². The Balaban J connectivity index is 1.58. The number of amides is 2. The summed E-state index contributed by atoms with van der Waals surface area (Å²) < 4.78 is 18.2. The number of benzene rings is 2. The van der Waals surface area contributed by atoms with Crippen molar-refractivity contribution in [1.29, 1.82) is 0 Å². The Hall–Kier alpha value is -2.60. The Labute approximate surface area is 162 Å². The van der Waals surface area contributed by atoms with Gasteiger partial charge in [0.2, 0.25) is 0 Å². The van der Waals surface area contributed by atoms with Gasteiger partial charge in [-0.2, -0.15) is 0 Å². The number of hydrogen-bond acceptors (Lipinski definition) is 3. The lowest BCUT2D eigenvalue weighted by atomic mass is 10.0. The smallest absolute Gasteiger partial charge is 0.255 e. The third-order valence-corrected chi connectivity index (χ3v) is 4.85. The van der Waals surface area contributed by atoms with Crippen molar-refractivity contribution in [3.8, 4) is 5.75 Å². The van der Waals surface area contributed by atoms with Gasteiger partial charge >= 0.3 is 0 Å². The highest BCUT2D eigenvalue weighted by molar-refractivity contribution is 6.31. The number of hydrogen-bond donors (Lipinski definition) is 1. The van der Waals surface area contributed by atoms with Crippen molar-refractivity contribution in [3.63, 3.8) is 0 Å². The highest BCUT2D eigenvalue weighted by atomic mass is 35.5. The maximum absolute atomic E-state index is 13.0. The molecule has 27 heavy (non-hydrogen) atoms. The zero-order valence-electron chi connectivity index (χ0n) is 14.9. The predicted octanol–water partition coefficient (Wildman–Crippen LogP) is 3.52. The zero-order valence-corrected chi connectivity index (χ0v) is 15.6. The van der Waals surface area contributed by atoms with E-state index in [0.717, 1.165) is 0 Å². The number of piperidine rings is 1. The molecule has 1 aliphatic rings. The highest BCUT2D eigenvalue weighted by Gasteiger charge is 2.25. The molecule has 2 amide bonds. The lowest BCUT2D eigenvalue weighted by Crippen LogP contribution is -2.46. The molecule has 1 saturated heterocycles. The van der Waals surface area contributed by atoms with Crippen LogP contribution in [0.3, 0.4) is 0 Å². The molecule has 2 aromatic rings. The minimum atomic E-state index is -0.371. The molecule has 0 aromatic heterocycles. The van der Waals surface area contributed by atoms with Crippen LogP contribution < -0.4 is 10.1 Å². The number of ether oxygens (including phenoxy) is 1. The second-order valence-corrected chi connectivity index (χ2v) is 6.83. The second-order valence-electron chi connectivity index (χ2n) is 6.39. The average Bonchev–Trinajstić information content (AvgIpc) is 2.68. The van der Waals surface area contributed by atoms with Crippen molar-refractivity contribution in [3.05, 3.63) is 64.4 Å². The van der Waals surface area contributed by atoms with Crippen molar-refractivity contribution in [1.82, 2.24) is 10.2 Å². The maximum Gasteiger partial charge on any atom is 0.255 e. The summed E-state index contributed by atoms with van der Waals surface area (Å²) in [6.07, 6.45) is 1.28. The van der Waals surface area contributed by atoms with Gasteiger partial charge in [0.05, 0.1) is 12.7 Å². The Morgan fingerprint density at radius 2 is 1.81 bits per heavy atom. The molecule has 0 unspecified atom stereocenters. The summed E-state index contributed by atoms with van der Waals surface area (Å²) >= 11 is 5.98. The molecule has 7 heteroatoms. The van der Waals surface area contributed by atoms with Gasteiger partial charge in [0.1, 0.15) is 11.6 Å². The van der Waals surface area contributed by atoms with E-state index >= 15 is 0 Å². The number of halogens is 2. The number of carbonyl (C=O) groups is 2. The molecular formula is C20H20ClFN2O3. The molecule has 0 bridgehead atoms. The SMILES string of the molecule is COc1ccc(Cl)cc1C(=O)NC1CCN(C(=O)c2ccc(F)cc2)CC1. The van der Waals surface area contributed by atoms with E-state index in [2.05, 4.69) is 5.32 Å².